The number of hydrogen-bond donors (Lipinski definition) is 1. The summed E-state index contributed by atoms with van der Waals surface area (Å²) >= 11 is 0. The zero-order valence-electron chi connectivity index (χ0n) is 14.6. The van der Waals surface area contributed by atoms with Gasteiger partial charge in [-0.1, -0.05) is 6.42 Å². The molecule has 2 aliphatic heterocycles. The first kappa shape index (κ1) is 16.8. The number of urea groups is 1. The molecule has 0 radical (unpaired) electrons. The van der Waals surface area contributed by atoms with Crippen LogP contribution in [-0.4, -0.2) is 63.8 Å². The summed E-state index contributed by atoms with van der Waals surface area (Å²) < 4.78 is 13.9. The minimum absolute atomic E-state index is 0.0296. The Kier molecular flexibility index (Phi) is 4.89. The number of rotatable bonds is 3. The summed E-state index contributed by atoms with van der Waals surface area (Å²) in [5.41, 5.74) is 0. The maximum absolute atomic E-state index is 12.5. The van der Waals surface area contributed by atoms with E-state index in [1.165, 1.54) is 12.7 Å². The Morgan fingerprint density at radius 1 is 1.28 bits per heavy atom. The highest BCUT2D eigenvalue weighted by Crippen LogP contribution is 2.37. The number of nitrogens with one attached hydrogen (secondary N) is 1. The summed E-state index contributed by atoms with van der Waals surface area (Å²) in [6.45, 7) is 2.52. The standard InChI is InChI=1S/C17H27N5O3/c23-16(21-8-4-5-14(10-21)22-13-18-12-20-22)19-9-15-11-24-17(25-15)6-2-1-3-7-17/h12-15H,1-11H2,(H,19,23)/t14-,15+/m1/s1. The molecule has 8 heteroatoms. The van der Waals surface area contributed by atoms with Gasteiger partial charge in [0.25, 0.3) is 0 Å². The van der Waals surface area contributed by atoms with Gasteiger partial charge in [0.05, 0.1) is 12.6 Å². The van der Waals surface area contributed by atoms with Gasteiger partial charge in [-0.3, -0.25) is 0 Å². The van der Waals surface area contributed by atoms with Crippen LogP contribution in [0, 0.1) is 0 Å². The van der Waals surface area contributed by atoms with Gasteiger partial charge in [-0.25, -0.2) is 14.5 Å². The second-order valence-corrected chi connectivity index (χ2v) is 7.33. The fourth-order valence-corrected chi connectivity index (χ4v) is 4.14. The molecule has 2 amide bonds. The largest absolute Gasteiger partial charge is 0.347 e. The van der Waals surface area contributed by atoms with Crippen molar-refractivity contribution in [2.75, 3.05) is 26.2 Å². The molecule has 138 valence electrons. The predicted octanol–water partition coefficient (Wildman–Crippen LogP) is 1.70. The zero-order chi connectivity index (χ0) is 17.1. The average molecular weight is 349 g/mol. The molecule has 2 saturated heterocycles. The molecule has 0 bridgehead atoms. The number of likely N-dealkylation sites (tertiary alicyclic amines) is 1. The Bertz CT molecular complexity index is 573. The number of piperidine rings is 1. The maximum Gasteiger partial charge on any atom is 0.317 e. The highest BCUT2D eigenvalue weighted by atomic mass is 16.7. The van der Waals surface area contributed by atoms with Gasteiger partial charge in [-0.2, -0.15) is 5.10 Å². The van der Waals surface area contributed by atoms with Crippen LogP contribution in [0.15, 0.2) is 12.7 Å². The quantitative estimate of drug-likeness (QED) is 0.898. The lowest BCUT2D eigenvalue weighted by atomic mass is 9.94. The summed E-state index contributed by atoms with van der Waals surface area (Å²) in [6.07, 6.45) is 10.8. The molecule has 4 rings (SSSR count). The second kappa shape index (κ2) is 7.29. The molecule has 0 unspecified atom stereocenters. The van der Waals surface area contributed by atoms with Crippen LogP contribution in [0.3, 0.4) is 0 Å². The van der Waals surface area contributed by atoms with Crippen molar-refractivity contribution in [1.82, 2.24) is 25.0 Å². The van der Waals surface area contributed by atoms with E-state index in [2.05, 4.69) is 15.4 Å². The fraction of sp³-hybridized carbons (Fsp3) is 0.824. The van der Waals surface area contributed by atoms with E-state index in [1.54, 1.807) is 6.33 Å². The SMILES string of the molecule is O=C(NC[C@H]1COC2(CCCCC2)O1)N1CCC[C@@H](n2cncn2)C1. The van der Waals surface area contributed by atoms with Crippen molar-refractivity contribution >= 4 is 6.03 Å². The number of carbonyl (C=O) groups is 1. The van der Waals surface area contributed by atoms with Gasteiger partial charge in [-0.15, -0.1) is 0 Å². The first-order valence-corrected chi connectivity index (χ1v) is 9.43. The third-order valence-electron chi connectivity index (χ3n) is 5.50. The number of nitrogens with zero attached hydrogens (tertiary/aromatic N) is 4. The molecule has 1 aliphatic carbocycles. The lowest BCUT2D eigenvalue weighted by Gasteiger charge is -2.33. The van der Waals surface area contributed by atoms with Gasteiger partial charge in [0, 0.05) is 32.5 Å². The van der Waals surface area contributed by atoms with E-state index in [9.17, 15) is 4.79 Å². The van der Waals surface area contributed by atoms with Crippen molar-refractivity contribution in [3.8, 4) is 0 Å². The lowest BCUT2D eigenvalue weighted by Crippen LogP contribution is -2.48. The maximum atomic E-state index is 12.5. The molecule has 1 aromatic heterocycles. The number of aromatic nitrogens is 3. The number of ether oxygens (including phenoxy) is 2. The average Bonchev–Trinajstić information content (AvgIpc) is 3.31. The van der Waals surface area contributed by atoms with E-state index in [0.717, 1.165) is 45.1 Å². The van der Waals surface area contributed by atoms with Gasteiger partial charge in [0.2, 0.25) is 0 Å². The Morgan fingerprint density at radius 3 is 2.96 bits per heavy atom. The Balaban J connectivity index is 1.25. The van der Waals surface area contributed by atoms with E-state index < -0.39 is 0 Å². The molecular formula is C17H27N5O3. The van der Waals surface area contributed by atoms with Crippen molar-refractivity contribution in [2.24, 2.45) is 0 Å². The van der Waals surface area contributed by atoms with Crippen LogP contribution in [0.25, 0.3) is 0 Å². The molecule has 2 atom stereocenters. The summed E-state index contributed by atoms with van der Waals surface area (Å²) in [7, 11) is 0. The molecule has 1 N–H and O–H groups in total. The summed E-state index contributed by atoms with van der Waals surface area (Å²) in [5, 5.41) is 7.22. The van der Waals surface area contributed by atoms with Crippen LogP contribution in [0.1, 0.15) is 51.0 Å². The molecule has 3 heterocycles. The van der Waals surface area contributed by atoms with E-state index in [1.807, 2.05) is 9.58 Å². The van der Waals surface area contributed by atoms with Crippen LogP contribution in [0.2, 0.25) is 0 Å². The molecule has 3 aliphatic rings. The number of carbonyl (C=O) groups excluding carboxylic acids is 1. The molecular weight excluding hydrogens is 322 g/mol. The summed E-state index contributed by atoms with van der Waals surface area (Å²) in [6, 6.07) is 0.177. The normalized spacial score (nSPS) is 29.0. The van der Waals surface area contributed by atoms with Crippen molar-refractivity contribution in [2.45, 2.75) is 62.9 Å². The molecule has 1 aromatic rings. The van der Waals surface area contributed by atoms with Gasteiger partial charge in [0.15, 0.2) is 5.79 Å². The fourth-order valence-electron chi connectivity index (χ4n) is 4.14. The van der Waals surface area contributed by atoms with E-state index >= 15 is 0 Å². The van der Waals surface area contributed by atoms with Gasteiger partial charge in [0.1, 0.15) is 18.8 Å². The highest BCUT2D eigenvalue weighted by molar-refractivity contribution is 5.74. The predicted molar refractivity (Wildman–Crippen MR) is 89.9 cm³/mol. The van der Waals surface area contributed by atoms with Gasteiger partial charge in [-0.05, 0) is 25.7 Å². The van der Waals surface area contributed by atoms with Crippen molar-refractivity contribution in [3.05, 3.63) is 12.7 Å². The monoisotopic (exact) mass is 349 g/mol. The third-order valence-corrected chi connectivity index (χ3v) is 5.50. The minimum Gasteiger partial charge on any atom is -0.347 e. The Hall–Kier alpha value is -1.67. The number of hydrogen-bond acceptors (Lipinski definition) is 5. The van der Waals surface area contributed by atoms with Crippen molar-refractivity contribution in [1.29, 1.82) is 0 Å². The summed E-state index contributed by atoms with van der Waals surface area (Å²) in [4.78, 5) is 18.4. The van der Waals surface area contributed by atoms with Crippen LogP contribution in [0.5, 0.6) is 0 Å². The van der Waals surface area contributed by atoms with Crippen LogP contribution in [-0.2, 0) is 9.47 Å². The summed E-state index contributed by atoms with van der Waals surface area (Å²) in [5.74, 6) is -0.378. The first-order chi connectivity index (χ1) is 12.2. The number of amides is 2. The second-order valence-electron chi connectivity index (χ2n) is 7.33. The minimum atomic E-state index is -0.378. The van der Waals surface area contributed by atoms with Crippen LogP contribution < -0.4 is 5.32 Å². The van der Waals surface area contributed by atoms with Crippen LogP contribution in [0.4, 0.5) is 4.79 Å². The third kappa shape index (κ3) is 3.79. The van der Waals surface area contributed by atoms with E-state index in [0.29, 0.717) is 19.7 Å². The van der Waals surface area contributed by atoms with Crippen molar-refractivity contribution < 1.29 is 14.3 Å². The molecule has 1 spiro atoms. The van der Waals surface area contributed by atoms with Crippen molar-refractivity contribution in [3.63, 3.8) is 0 Å². The molecule has 1 saturated carbocycles. The van der Waals surface area contributed by atoms with Gasteiger partial charge < -0.3 is 19.7 Å². The lowest BCUT2D eigenvalue weighted by molar-refractivity contribution is -0.186. The zero-order valence-corrected chi connectivity index (χ0v) is 14.6. The van der Waals surface area contributed by atoms with Crippen LogP contribution >= 0.6 is 0 Å². The first-order valence-electron chi connectivity index (χ1n) is 9.43. The Labute approximate surface area is 147 Å². The topological polar surface area (TPSA) is 81.5 Å². The van der Waals surface area contributed by atoms with E-state index in [4.69, 9.17) is 9.47 Å². The Morgan fingerprint density at radius 2 is 2.16 bits per heavy atom. The molecule has 8 nitrogen and oxygen atoms in total. The smallest absolute Gasteiger partial charge is 0.317 e. The molecule has 25 heavy (non-hydrogen) atoms. The van der Waals surface area contributed by atoms with Gasteiger partial charge >= 0.3 is 6.03 Å². The molecule has 3 fully saturated rings. The molecule has 0 aromatic carbocycles. The van der Waals surface area contributed by atoms with E-state index in [-0.39, 0.29) is 24.0 Å². The highest BCUT2D eigenvalue weighted by Gasteiger charge is 2.42.